The number of carbonyl (C=O) groups is 1. The maximum absolute atomic E-state index is 12.4. The summed E-state index contributed by atoms with van der Waals surface area (Å²) in [6.07, 6.45) is 4.97. The molecule has 0 spiro atoms. The molecule has 1 N–H and O–H groups in total. The van der Waals surface area contributed by atoms with E-state index in [1.54, 1.807) is 18.2 Å². The van der Waals surface area contributed by atoms with Gasteiger partial charge in [-0.15, -0.1) is 0 Å². The van der Waals surface area contributed by atoms with Crippen LogP contribution in [0, 0.1) is 16.7 Å². The lowest BCUT2D eigenvalue weighted by Gasteiger charge is -2.22. The summed E-state index contributed by atoms with van der Waals surface area (Å²) in [5.41, 5.74) is 0.843. The molecule has 1 amide bonds. The smallest absolute Gasteiger partial charge is 0.230 e. The molecule has 0 unspecified atom stereocenters. The maximum Gasteiger partial charge on any atom is 0.230 e. The highest BCUT2D eigenvalue weighted by atomic mass is 16.5. The monoisotopic (exact) mass is 286 g/mol. The van der Waals surface area contributed by atoms with Gasteiger partial charge < -0.3 is 10.1 Å². The second-order valence-corrected chi connectivity index (χ2v) is 5.89. The number of ether oxygens (including phenoxy) is 1. The molecule has 21 heavy (non-hydrogen) atoms. The minimum absolute atomic E-state index is 0.0473. The standard InChI is InChI=1S/C17H22N2O2/c1-3-10-21-15-7-6-14(11-13(15)12-18)19-16(20)17(2)8-4-5-9-17/h6-7,11H,3-5,8-10H2,1-2H3,(H,19,20). The molecule has 1 aliphatic carbocycles. The molecular formula is C17H22N2O2. The average Bonchev–Trinajstić information content (AvgIpc) is 2.94. The summed E-state index contributed by atoms with van der Waals surface area (Å²) in [6, 6.07) is 7.35. The molecule has 0 heterocycles. The molecule has 0 bridgehead atoms. The van der Waals surface area contributed by atoms with Gasteiger partial charge in [0, 0.05) is 11.1 Å². The van der Waals surface area contributed by atoms with E-state index >= 15 is 0 Å². The number of hydrogen-bond donors (Lipinski definition) is 1. The summed E-state index contributed by atoms with van der Waals surface area (Å²) in [5, 5.41) is 12.1. The van der Waals surface area contributed by atoms with E-state index in [2.05, 4.69) is 11.4 Å². The van der Waals surface area contributed by atoms with Crippen LogP contribution in [0.5, 0.6) is 5.75 Å². The van der Waals surface area contributed by atoms with Gasteiger partial charge in [0.15, 0.2) is 0 Å². The molecule has 4 heteroatoms. The third-order valence-electron chi connectivity index (χ3n) is 4.07. The molecule has 0 atom stereocenters. The zero-order chi connectivity index (χ0) is 15.3. The van der Waals surface area contributed by atoms with Crippen LogP contribution < -0.4 is 10.1 Å². The van der Waals surface area contributed by atoms with Gasteiger partial charge >= 0.3 is 0 Å². The Hall–Kier alpha value is -2.02. The molecule has 0 aliphatic heterocycles. The van der Waals surface area contributed by atoms with E-state index in [-0.39, 0.29) is 11.3 Å². The molecule has 0 saturated heterocycles. The van der Waals surface area contributed by atoms with Crippen molar-refractivity contribution in [3.05, 3.63) is 23.8 Å². The number of nitriles is 1. The lowest BCUT2D eigenvalue weighted by Crippen LogP contribution is -2.30. The van der Waals surface area contributed by atoms with E-state index in [0.717, 1.165) is 32.1 Å². The first kappa shape index (κ1) is 15.4. The van der Waals surface area contributed by atoms with E-state index in [1.807, 2.05) is 13.8 Å². The Kier molecular flexibility index (Phi) is 4.85. The quantitative estimate of drug-likeness (QED) is 0.893. The largest absolute Gasteiger partial charge is 0.492 e. The van der Waals surface area contributed by atoms with E-state index in [0.29, 0.717) is 23.6 Å². The van der Waals surface area contributed by atoms with Crippen LogP contribution in [-0.2, 0) is 4.79 Å². The van der Waals surface area contributed by atoms with Crippen molar-refractivity contribution in [2.75, 3.05) is 11.9 Å². The summed E-state index contributed by atoms with van der Waals surface area (Å²) < 4.78 is 5.52. The maximum atomic E-state index is 12.4. The summed E-state index contributed by atoms with van der Waals surface area (Å²) in [5.74, 6) is 0.621. The average molecular weight is 286 g/mol. The molecule has 0 radical (unpaired) electrons. The first-order valence-electron chi connectivity index (χ1n) is 7.57. The van der Waals surface area contributed by atoms with Gasteiger partial charge in [-0.05, 0) is 37.5 Å². The Morgan fingerprint density at radius 3 is 2.76 bits per heavy atom. The summed E-state index contributed by atoms with van der Waals surface area (Å²) in [7, 11) is 0. The van der Waals surface area contributed by atoms with Crippen LogP contribution in [0.3, 0.4) is 0 Å². The van der Waals surface area contributed by atoms with E-state index in [1.165, 1.54) is 0 Å². The highest BCUT2D eigenvalue weighted by Gasteiger charge is 2.36. The number of rotatable bonds is 5. The summed E-state index contributed by atoms with van der Waals surface area (Å²) >= 11 is 0. The van der Waals surface area contributed by atoms with Crippen LogP contribution in [0.4, 0.5) is 5.69 Å². The van der Waals surface area contributed by atoms with Crippen molar-refractivity contribution in [1.29, 1.82) is 5.26 Å². The lowest BCUT2D eigenvalue weighted by molar-refractivity contribution is -0.124. The number of nitrogens with zero attached hydrogens (tertiary/aromatic N) is 1. The number of nitrogens with one attached hydrogen (secondary N) is 1. The highest BCUT2D eigenvalue weighted by molar-refractivity contribution is 5.95. The predicted octanol–water partition coefficient (Wildman–Crippen LogP) is 3.87. The van der Waals surface area contributed by atoms with Crippen molar-refractivity contribution >= 4 is 11.6 Å². The zero-order valence-corrected chi connectivity index (χ0v) is 12.7. The first-order chi connectivity index (χ1) is 10.1. The van der Waals surface area contributed by atoms with Crippen molar-refractivity contribution in [2.24, 2.45) is 5.41 Å². The Labute approximate surface area is 126 Å². The fourth-order valence-electron chi connectivity index (χ4n) is 2.70. The molecule has 1 aliphatic rings. The Morgan fingerprint density at radius 2 is 2.14 bits per heavy atom. The van der Waals surface area contributed by atoms with Gasteiger partial charge in [0.2, 0.25) is 5.91 Å². The molecule has 4 nitrogen and oxygen atoms in total. The lowest BCUT2D eigenvalue weighted by atomic mass is 9.88. The van der Waals surface area contributed by atoms with Gasteiger partial charge in [0.05, 0.1) is 12.2 Å². The van der Waals surface area contributed by atoms with Crippen LogP contribution in [0.2, 0.25) is 0 Å². The molecule has 112 valence electrons. The number of hydrogen-bond acceptors (Lipinski definition) is 3. The van der Waals surface area contributed by atoms with Gasteiger partial charge in [0.1, 0.15) is 11.8 Å². The Bertz CT molecular complexity index is 554. The van der Waals surface area contributed by atoms with Gasteiger partial charge in [-0.1, -0.05) is 26.7 Å². The van der Waals surface area contributed by atoms with Crippen molar-refractivity contribution < 1.29 is 9.53 Å². The minimum Gasteiger partial charge on any atom is -0.492 e. The van der Waals surface area contributed by atoms with Gasteiger partial charge in [-0.2, -0.15) is 5.26 Å². The van der Waals surface area contributed by atoms with Crippen LogP contribution >= 0.6 is 0 Å². The van der Waals surface area contributed by atoms with Crippen molar-refractivity contribution in [1.82, 2.24) is 0 Å². The Balaban J connectivity index is 2.10. The third kappa shape index (κ3) is 3.55. The van der Waals surface area contributed by atoms with Crippen LogP contribution in [0.15, 0.2) is 18.2 Å². The molecule has 1 fully saturated rings. The third-order valence-corrected chi connectivity index (χ3v) is 4.07. The van der Waals surface area contributed by atoms with Crippen molar-refractivity contribution in [2.45, 2.75) is 46.0 Å². The fraction of sp³-hybridized carbons (Fsp3) is 0.529. The van der Waals surface area contributed by atoms with Gasteiger partial charge in [0.25, 0.3) is 0 Å². The normalized spacial score (nSPS) is 16.2. The van der Waals surface area contributed by atoms with Crippen LogP contribution in [-0.4, -0.2) is 12.5 Å². The molecule has 1 saturated carbocycles. The predicted molar refractivity (Wildman–Crippen MR) is 82.1 cm³/mol. The SMILES string of the molecule is CCCOc1ccc(NC(=O)C2(C)CCCC2)cc1C#N. The Morgan fingerprint density at radius 1 is 1.43 bits per heavy atom. The highest BCUT2D eigenvalue weighted by Crippen LogP contribution is 2.38. The van der Waals surface area contributed by atoms with Crippen molar-refractivity contribution in [3.8, 4) is 11.8 Å². The molecular weight excluding hydrogens is 264 g/mol. The number of benzene rings is 1. The first-order valence-corrected chi connectivity index (χ1v) is 7.57. The van der Waals surface area contributed by atoms with Crippen molar-refractivity contribution in [3.63, 3.8) is 0 Å². The van der Waals surface area contributed by atoms with E-state index in [4.69, 9.17) is 4.74 Å². The van der Waals surface area contributed by atoms with Gasteiger partial charge in [-0.25, -0.2) is 0 Å². The number of anilines is 1. The summed E-state index contributed by atoms with van der Waals surface area (Å²) in [6.45, 7) is 4.61. The second-order valence-electron chi connectivity index (χ2n) is 5.89. The van der Waals surface area contributed by atoms with E-state index < -0.39 is 0 Å². The molecule has 2 rings (SSSR count). The molecule has 1 aromatic carbocycles. The number of amides is 1. The van der Waals surface area contributed by atoms with Crippen LogP contribution in [0.25, 0.3) is 0 Å². The van der Waals surface area contributed by atoms with Crippen LogP contribution in [0.1, 0.15) is 51.5 Å². The number of carbonyl (C=O) groups excluding carboxylic acids is 1. The molecule has 1 aromatic rings. The minimum atomic E-state index is -0.274. The fourth-order valence-corrected chi connectivity index (χ4v) is 2.70. The zero-order valence-electron chi connectivity index (χ0n) is 12.7. The summed E-state index contributed by atoms with van der Waals surface area (Å²) in [4.78, 5) is 12.4. The topological polar surface area (TPSA) is 62.1 Å². The van der Waals surface area contributed by atoms with E-state index in [9.17, 15) is 10.1 Å². The molecule has 0 aromatic heterocycles. The van der Waals surface area contributed by atoms with Gasteiger partial charge in [-0.3, -0.25) is 4.79 Å². The second kappa shape index (κ2) is 6.62.